The topological polar surface area (TPSA) is 641 Å². The Kier molecular flexibility index (Phi) is 38.3. The first-order valence-electron chi connectivity index (χ1n) is 36.7. The summed E-state index contributed by atoms with van der Waals surface area (Å²) in [6, 6.07) is -6.25. The Hall–Kier alpha value is -11.3. The summed E-state index contributed by atoms with van der Waals surface area (Å²) in [7, 11) is 0. The Labute approximate surface area is 639 Å². The van der Waals surface area contributed by atoms with Crippen molar-refractivity contribution in [2.24, 2.45) is 29.0 Å². The molecule has 1 aromatic heterocycles. The number of aromatic hydroxyl groups is 1. The van der Waals surface area contributed by atoms with E-state index in [4.69, 9.17) is 17.2 Å². The van der Waals surface area contributed by atoms with Crippen LogP contribution in [0.1, 0.15) is 148 Å². The Bertz CT molecular complexity index is 3760. The molecule has 39 nitrogen and oxygen atoms in total. The van der Waals surface area contributed by atoms with E-state index >= 15 is 0 Å². The third-order valence-corrected chi connectivity index (χ3v) is 18.5. The predicted molar refractivity (Wildman–Crippen MR) is 395 cm³/mol. The van der Waals surface area contributed by atoms with E-state index in [0.29, 0.717) is 41.3 Å². The second-order valence-corrected chi connectivity index (χ2v) is 27.6. The predicted octanol–water partition coefficient (Wildman–Crippen LogP) is -2.93. The number of carbonyl (C=O) groups excluding carboxylic acids is 12. The highest BCUT2D eigenvalue weighted by Gasteiger charge is 2.41. The summed E-state index contributed by atoms with van der Waals surface area (Å²) in [4.78, 5) is 234. The molecule has 1 aliphatic heterocycles. The minimum Gasteiger partial charge on any atom is -0.508 e. The van der Waals surface area contributed by atoms with E-state index in [-0.39, 0.29) is 76.8 Å². The lowest BCUT2D eigenvalue weighted by Gasteiger charge is -2.30. The first kappa shape index (κ1) is 92.0. The number of hydrogen-bond donors (Lipinski definition) is 21. The van der Waals surface area contributed by atoms with Gasteiger partial charge in [0, 0.05) is 49.3 Å². The van der Waals surface area contributed by atoms with Gasteiger partial charge in [-0.25, -0.2) is 0 Å². The Morgan fingerprint density at radius 1 is 0.505 bits per heavy atom. The fourth-order valence-corrected chi connectivity index (χ4v) is 12.0. The molecule has 2 aromatic carbocycles. The highest BCUT2D eigenvalue weighted by atomic mass is 16.4. The van der Waals surface area contributed by atoms with Gasteiger partial charge in [0.2, 0.25) is 70.9 Å². The van der Waals surface area contributed by atoms with Crippen molar-refractivity contribution in [2.45, 2.75) is 223 Å². The Morgan fingerprint density at radius 2 is 0.955 bits per heavy atom. The number of aromatic nitrogens is 1. The summed E-state index contributed by atoms with van der Waals surface area (Å²) in [5.74, 6) is -21.2. The zero-order chi connectivity index (χ0) is 82.8. The number of phenolic OH excluding ortho intramolecular Hbond substituents is 1. The molecule has 3 aromatic rings. The molecule has 0 saturated carbocycles. The van der Waals surface area contributed by atoms with Crippen LogP contribution in [0.5, 0.6) is 5.75 Å². The molecule has 2 heterocycles. The lowest BCUT2D eigenvalue weighted by atomic mass is 9.96. The highest BCUT2D eigenvalue weighted by Crippen LogP contribution is 2.22. The van der Waals surface area contributed by atoms with Gasteiger partial charge in [-0.15, -0.1) is 0 Å². The van der Waals surface area contributed by atoms with Gasteiger partial charge in [-0.3, -0.25) is 81.5 Å². The number of likely N-dealkylation sites (tertiary alicyclic amines) is 1. The molecule has 13 atom stereocenters. The number of unbranched alkanes of at least 4 members (excludes halogenated alkanes) is 2. The third-order valence-electron chi connectivity index (χ3n) is 18.5. The quantitative estimate of drug-likeness (QED) is 0.0252. The number of nitrogens with zero attached hydrogens (tertiary/aromatic N) is 1. The van der Waals surface area contributed by atoms with Crippen molar-refractivity contribution in [2.75, 3.05) is 26.2 Å². The SMILES string of the molecule is CC[C@H](C)[C@H](NC(=O)[C@H](CC(=O)O)NC(=O)[C@H](CCC(=O)O)NC(=O)[C@H](Cc1c[nH]c2ccccc12)NC(=O)[C@@H](NC(=O)[C@H](CCC(=O)O)NC(=O)[C@@H]1CCCN1C(=O)CNC(=O)[C@@H](N)Cc1ccc(O)cc1)C(C)C)C(=O)N[C@@H](CCCCN)C(=O)N[C@@H](CCCCN)C(=O)N[C@@H](CCC(=O)O)C(=O)N[C@@H](C)C(=O)O. The van der Waals surface area contributed by atoms with Gasteiger partial charge in [-0.1, -0.05) is 64.4 Å². The molecule has 0 spiro atoms. The molecule has 1 saturated heterocycles. The van der Waals surface area contributed by atoms with Crippen LogP contribution in [-0.4, -0.2) is 240 Å². The average Bonchev–Trinajstić information content (AvgIpc) is 1.74. The number of carboxylic acid groups (broad SMARTS) is 5. The highest BCUT2D eigenvalue weighted by molar-refractivity contribution is 6.01. The summed E-state index contributed by atoms with van der Waals surface area (Å²) in [5, 5.41) is 85.6. The number of aliphatic carboxylic acids is 5. The van der Waals surface area contributed by atoms with Crippen molar-refractivity contribution < 1.29 is 112 Å². The number of nitrogens with one attached hydrogen (secondary N) is 12. The molecule has 0 unspecified atom stereocenters. The first-order chi connectivity index (χ1) is 52.5. The fraction of sp³-hybridized carbons (Fsp3) is 0.569. The summed E-state index contributed by atoms with van der Waals surface area (Å²) in [5.41, 5.74) is 19.2. The van der Waals surface area contributed by atoms with E-state index < -0.39 is 237 Å². The molecule has 612 valence electrons. The second kappa shape index (κ2) is 46.2. The Morgan fingerprint density at radius 3 is 1.46 bits per heavy atom. The lowest BCUT2D eigenvalue weighted by molar-refractivity contribution is -0.142. The number of amides is 12. The number of benzene rings is 2. The van der Waals surface area contributed by atoms with Gasteiger partial charge in [-0.2, -0.15) is 0 Å². The average molecular weight is 1560 g/mol. The minimum atomic E-state index is -2.10. The molecule has 4 rings (SSSR count). The van der Waals surface area contributed by atoms with E-state index in [0.717, 1.165) is 6.92 Å². The molecule has 0 aliphatic carbocycles. The van der Waals surface area contributed by atoms with Crippen molar-refractivity contribution in [3.8, 4) is 5.75 Å². The van der Waals surface area contributed by atoms with Crippen LogP contribution in [0.15, 0.2) is 54.7 Å². The zero-order valence-electron chi connectivity index (χ0n) is 62.6. The van der Waals surface area contributed by atoms with Gasteiger partial charge in [-0.05, 0) is 138 Å². The van der Waals surface area contributed by atoms with E-state index in [9.17, 15) is 112 Å². The second-order valence-electron chi connectivity index (χ2n) is 27.6. The summed E-state index contributed by atoms with van der Waals surface area (Å²) in [6.07, 6.45) is -2.55. The number of carboxylic acids is 5. The molecular formula is C72H106N16O23. The van der Waals surface area contributed by atoms with Crippen LogP contribution in [0.2, 0.25) is 0 Å². The van der Waals surface area contributed by atoms with E-state index in [2.05, 4.69) is 63.5 Å². The van der Waals surface area contributed by atoms with Gasteiger partial charge < -0.3 is 116 Å². The monoisotopic (exact) mass is 1560 g/mol. The molecule has 39 heteroatoms. The van der Waals surface area contributed by atoms with Crippen molar-refractivity contribution in [3.63, 3.8) is 0 Å². The number of carbonyl (C=O) groups is 17. The lowest BCUT2D eigenvalue weighted by Crippen LogP contribution is -2.62. The largest absolute Gasteiger partial charge is 0.508 e. The minimum absolute atomic E-state index is 0.00101. The fourth-order valence-electron chi connectivity index (χ4n) is 12.0. The maximum absolute atomic E-state index is 14.9. The summed E-state index contributed by atoms with van der Waals surface area (Å²) >= 11 is 0. The van der Waals surface area contributed by atoms with Crippen LogP contribution < -0.4 is 75.7 Å². The number of nitrogens with two attached hydrogens (primary N) is 3. The Balaban J connectivity index is 1.61. The standard InChI is InChI=1S/C72H106N16O23/c1-6-38(4)60(71(109)83-47(17-10-12-30-74)64(102)79-46(16-9-11-29-73)63(101)80-48(23-26-55(91)92)62(100)78-39(5)72(110)111)87-68(106)52(34-58(97)98)84-65(103)49(24-27-56(93)94)81-67(105)51(33-41-35-76-45-15-8-7-14-43(41)45)85-70(108)59(37(2)3)86-66(104)50(25-28-57(95)96)82-69(107)53-18-13-31-88(53)54(90)36-77-61(99)44(75)32-40-19-21-42(89)22-20-40/h7-8,14-15,19-22,35,37-39,44,46-53,59-60,76,89H,6,9-13,16-18,23-34,36,73-75H2,1-5H3,(H,77,99)(H,78,100)(H,79,102)(H,80,101)(H,81,105)(H,82,107)(H,83,109)(H,84,103)(H,85,108)(H,86,104)(H,87,106)(H,91,92)(H,93,94)(H,95,96)(H,97,98)(H,110,111)/t38-,39-,44-,46-,47-,48-,49-,50-,51-,52-,53-,59-,60-/m0/s1. The molecular weight excluding hydrogens is 1460 g/mol. The summed E-state index contributed by atoms with van der Waals surface area (Å²) in [6.45, 7) is 7.04. The first-order valence-corrected chi connectivity index (χ1v) is 36.7. The van der Waals surface area contributed by atoms with Gasteiger partial charge in [0.15, 0.2) is 0 Å². The molecule has 111 heavy (non-hydrogen) atoms. The van der Waals surface area contributed by atoms with E-state index in [1.807, 2.05) is 0 Å². The van der Waals surface area contributed by atoms with Gasteiger partial charge >= 0.3 is 29.8 Å². The smallest absolute Gasteiger partial charge is 0.325 e. The van der Waals surface area contributed by atoms with E-state index in [1.54, 1.807) is 43.3 Å². The maximum Gasteiger partial charge on any atom is 0.325 e. The van der Waals surface area contributed by atoms with Gasteiger partial charge in [0.05, 0.1) is 19.0 Å². The number of hydrogen-bond acceptors (Lipinski definition) is 21. The van der Waals surface area contributed by atoms with E-state index in [1.165, 1.54) is 44.0 Å². The van der Waals surface area contributed by atoms with Crippen molar-refractivity contribution in [1.29, 1.82) is 0 Å². The molecule has 1 aliphatic rings. The number of fused-ring (bicyclic) bond motifs is 1. The van der Waals surface area contributed by atoms with Crippen molar-refractivity contribution >= 4 is 112 Å². The van der Waals surface area contributed by atoms with Crippen molar-refractivity contribution in [1.82, 2.24) is 68.4 Å². The summed E-state index contributed by atoms with van der Waals surface area (Å²) < 4.78 is 0. The zero-order valence-corrected chi connectivity index (χ0v) is 62.6. The molecule has 1 fully saturated rings. The molecule has 12 amide bonds. The molecule has 0 radical (unpaired) electrons. The van der Waals surface area contributed by atoms with Crippen LogP contribution in [0, 0.1) is 11.8 Å². The number of rotatable bonds is 50. The third kappa shape index (κ3) is 30.9. The van der Waals surface area contributed by atoms with Gasteiger partial charge in [0.1, 0.15) is 72.2 Å². The normalized spacial score (nSPS) is 15.8. The number of H-pyrrole nitrogens is 1. The van der Waals surface area contributed by atoms with Crippen LogP contribution in [0.4, 0.5) is 0 Å². The van der Waals surface area contributed by atoms with Crippen LogP contribution in [0.25, 0.3) is 10.9 Å². The van der Waals surface area contributed by atoms with Crippen LogP contribution in [-0.2, 0) is 94.3 Å². The number of para-hydroxylation sites is 1. The van der Waals surface area contributed by atoms with Crippen LogP contribution >= 0.6 is 0 Å². The van der Waals surface area contributed by atoms with Crippen LogP contribution in [0.3, 0.4) is 0 Å². The number of aromatic amines is 1. The number of phenols is 1. The maximum atomic E-state index is 14.9. The molecule has 24 N–H and O–H groups in total. The van der Waals surface area contributed by atoms with Gasteiger partial charge in [0.25, 0.3) is 0 Å². The molecule has 0 bridgehead atoms. The van der Waals surface area contributed by atoms with Crippen molar-refractivity contribution in [3.05, 3.63) is 65.9 Å².